The van der Waals surface area contributed by atoms with E-state index < -0.39 is 0 Å². The van der Waals surface area contributed by atoms with Gasteiger partial charge in [-0.05, 0) is 12.1 Å². The maximum atomic E-state index is 13.0. The third-order valence-electron chi connectivity index (χ3n) is 4.57. The molecule has 0 saturated carbocycles. The molecule has 8 heteroatoms. The van der Waals surface area contributed by atoms with Crippen molar-refractivity contribution in [3.63, 3.8) is 0 Å². The molecule has 27 heavy (non-hydrogen) atoms. The van der Waals surface area contributed by atoms with Crippen LogP contribution in [0.5, 0.6) is 11.5 Å². The first kappa shape index (κ1) is 18.9. The van der Waals surface area contributed by atoms with E-state index in [1.807, 2.05) is 0 Å². The van der Waals surface area contributed by atoms with Gasteiger partial charge in [-0.3, -0.25) is 9.59 Å². The molecular weight excluding hydrogens is 350 g/mol. The summed E-state index contributed by atoms with van der Waals surface area (Å²) in [6.07, 6.45) is 0.584. The van der Waals surface area contributed by atoms with Gasteiger partial charge < -0.3 is 19.1 Å². The van der Waals surface area contributed by atoms with Crippen molar-refractivity contribution in [3.05, 3.63) is 51.4 Å². The zero-order valence-corrected chi connectivity index (χ0v) is 15.7. The van der Waals surface area contributed by atoms with Gasteiger partial charge in [0, 0.05) is 38.2 Å². The van der Waals surface area contributed by atoms with E-state index in [-0.39, 0.29) is 11.5 Å². The quantitative estimate of drug-likeness (QED) is 0.754. The number of hydrogen-bond acceptors (Lipinski definition) is 6. The summed E-state index contributed by atoms with van der Waals surface area (Å²) in [7, 11) is 4.62. The van der Waals surface area contributed by atoms with Gasteiger partial charge in [-0.2, -0.15) is 5.10 Å². The first-order valence-electron chi connectivity index (χ1n) is 8.68. The molecule has 2 aromatic rings. The molecule has 1 aliphatic heterocycles. The van der Waals surface area contributed by atoms with Gasteiger partial charge >= 0.3 is 0 Å². The second kappa shape index (κ2) is 8.22. The second-order valence-corrected chi connectivity index (χ2v) is 6.19. The Kier molecular flexibility index (Phi) is 5.75. The van der Waals surface area contributed by atoms with E-state index in [1.54, 1.807) is 36.3 Å². The molecule has 0 spiro atoms. The monoisotopic (exact) mass is 373 g/mol. The summed E-state index contributed by atoms with van der Waals surface area (Å²) >= 11 is 0. The van der Waals surface area contributed by atoms with Crippen LogP contribution in [0.2, 0.25) is 0 Å². The number of carbonyl (C=O) groups is 1. The second-order valence-electron chi connectivity index (χ2n) is 6.19. The van der Waals surface area contributed by atoms with Crippen LogP contribution in [-0.4, -0.2) is 55.1 Å². The molecule has 144 valence electrons. The lowest BCUT2D eigenvalue weighted by molar-refractivity contribution is 0.0728. The molecule has 1 amide bonds. The molecule has 0 radical (unpaired) electrons. The highest BCUT2D eigenvalue weighted by Crippen LogP contribution is 2.32. The molecule has 0 aliphatic carbocycles. The minimum atomic E-state index is -0.195. The van der Waals surface area contributed by atoms with Crippen LogP contribution < -0.4 is 15.0 Å². The number of nitrogens with zero attached hydrogens (tertiary/aromatic N) is 3. The Labute approximate surface area is 157 Å². The lowest BCUT2D eigenvalue weighted by atomic mass is 10.0. The molecule has 2 heterocycles. The Morgan fingerprint density at radius 2 is 2.04 bits per heavy atom. The number of amides is 1. The van der Waals surface area contributed by atoms with Gasteiger partial charge in [-0.15, -0.1) is 0 Å². The highest BCUT2D eigenvalue weighted by atomic mass is 16.5. The molecule has 0 unspecified atom stereocenters. The summed E-state index contributed by atoms with van der Waals surface area (Å²) in [5.41, 5.74) is 1.85. The highest BCUT2D eigenvalue weighted by molar-refractivity contribution is 5.98. The zero-order valence-electron chi connectivity index (χ0n) is 15.7. The van der Waals surface area contributed by atoms with Crippen molar-refractivity contribution < 1.29 is 19.0 Å². The predicted molar refractivity (Wildman–Crippen MR) is 98.4 cm³/mol. The Bertz CT molecular complexity index is 893. The molecule has 0 saturated heterocycles. The summed E-state index contributed by atoms with van der Waals surface area (Å²) in [5.74, 6) is 0.743. The van der Waals surface area contributed by atoms with E-state index in [9.17, 15) is 9.59 Å². The van der Waals surface area contributed by atoms with Crippen LogP contribution >= 0.6 is 0 Å². The van der Waals surface area contributed by atoms with Crippen LogP contribution in [0.1, 0.15) is 21.6 Å². The third-order valence-corrected chi connectivity index (χ3v) is 4.57. The van der Waals surface area contributed by atoms with Gasteiger partial charge in [0.25, 0.3) is 11.5 Å². The fourth-order valence-electron chi connectivity index (χ4n) is 3.18. The van der Waals surface area contributed by atoms with Crippen molar-refractivity contribution in [3.8, 4) is 11.5 Å². The molecule has 3 rings (SSSR count). The molecule has 0 atom stereocenters. The van der Waals surface area contributed by atoms with Crippen LogP contribution in [0.25, 0.3) is 0 Å². The van der Waals surface area contributed by atoms with Gasteiger partial charge in [0.1, 0.15) is 0 Å². The topological polar surface area (TPSA) is 82.9 Å². The number of para-hydroxylation sites is 1. The van der Waals surface area contributed by atoms with Crippen LogP contribution in [0.15, 0.2) is 29.1 Å². The van der Waals surface area contributed by atoms with Crippen molar-refractivity contribution >= 4 is 5.91 Å². The Morgan fingerprint density at radius 1 is 1.22 bits per heavy atom. The van der Waals surface area contributed by atoms with E-state index in [0.717, 1.165) is 11.3 Å². The van der Waals surface area contributed by atoms with E-state index in [0.29, 0.717) is 49.7 Å². The number of rotatable bonds is 6. The van der Waals surface area contributed by atoms with Crippen molar-refractivity contribution in [2.75, 3.05) is 34.5 Å². The number of benzene rings is 1. The van der Waals surface area contributed by atoms with Crippen molar-refractivity contribution in [2.24, 2.45) is 0 Å². The molecule has 1 aliphatic rings. The fraction of sp³-hybridized carbons (Fsp3) is 0.421. The molecule has 1 aromatic carbocycles. The lowest BCUT2D eigenvalue weighted by Crippen LogP contribution is -2.39. The Hall–Kier alpha value is -2.87. The van der Waals surface area contributed by atoms with E-state index in [2.05, 4.69) is 5.10 Å². The van der Waals surface area contributed by atoms with Crippen LogP contribution in [-0.2, 0) is 24.2 Å². The first-order chi connectivity index (χ1) is 13.1. The van der Waals surface area contributed by atoms with Crippen molar-refractivity contribution in [2.45, 2.75) is 19.5 Å². The summed E-state index contributed by atoms with van der Waals surface area (Å²) in [6, 6.07) is 6.76. The van der Waals surface area contributed by atoms with Crippen molar-refractivity contribution in [1.29, 1.82) is 0 Å². The maximum Gasteiger partial charge on any atom is 0.267 e. The average molecular weight is 373 g/mol. The number of ether oxygens (including phenoxy) is 3. The minimum Gasteiger partial charge on any atom is -0.493 e. The Balaban J connectivity index is 1.85. The molecule has 0 fully saturated rings. The number of methoxy groups -OCH3 is 3. The largest absolute Gasteiger partial charge is 0.493 e. The van der Waals surface area contributed by atoms with Gasteiger partial charge in [0.15, 0.2) is 11.5 Å². The van der Waals surface area contributed by atoms with Gasteiger partial charge in [0.05, 0.1) is 38.6 Å². The standard InChI is InChI=1S/C19H23N3O5/c1-25-10-9-22-17(23)11-13-12-21(8-7-15(13)20-22)19(24)14-5-4-6-16(26-2)18(14)27-3/h4-6,11H,7-10,12H2,1-3H3. The van der Waals surface area contributed by atoms with Gasteiger partial charge in [-0.1, -0.05) is 6.07 Å². The van der Waals surface area contributed by atoms with Crippen LogP contribution in [0, 0.1) is 0 Å². The number of hydrogen-bond donors (Lipinski definition) is 0. The highest BCUT2D eigenvalue weighted by Gasteiger charge is 2.26. The minimum absolute atomic E-state index is 0.167. The van der Waals surface area contributed by atoms with Crippen molar-refractivity contribution in [1.82, 2.24) is 14.7 Å². The molecule has 0 N–H and O–H groups in total. The maximum absolute atomic E-state index is 13.0. The number of aromatic nitrogens is 2. The predicted octanol–water partition coefficient (Wildman–Crippen LogP) is 1.11. The van der Waals surface area contributed by atoms with E-state index >= 15 is 0 Å². The van der Waals surface area contributed by atoms with E-state index in [4.69, 9.17) is 14.2 Å². The molecule has 0 bridgehead atoms. The molecule has 8 nitrogen and oxygen atoms in total. The normalized spacial score (nSPS) is 13.2. The zero-order chi connectivity index (χ0) is 19.4. The van der Waals surface area contributed by atoms with E-state index in [1.165, 1.54) is 18.9 Å². The summed E-state index contributed by atoms with van der Waals surface area (Å²) in [4.78, 5) is 26.9. The van der Waals surface area contributed by atoms with Gasteiger partial charge in [0.2, 0.25) is 0 Å². The SMILES string of the molecule is COCCn1nc2c(cc1=O)CN(C(=O)c1cccc(OC)c1OC)CC2. The number of fused-ring (bicyclic) bond motifs is 1. The van der Waals surface area contributed by atoms with Crippen LogP contribution in [0.3, 0.4) is 0 Å². The van der Waals surface area contributed by atoms with Crippen LogP contribution in [0.4, 0.5) is 0 Å². The molecule has 1 aromatic heterocycles. The third kappa shape index (κ3) is 3.80. The molecular formula is C19H23N3O5. The first-order valence-corrected chi connectivity index (χ1v) is 8.68. The lowest BCUT2D eigenvalue weighted by Gasteiger charge is -2.29. The summed E-state index contributed by atoms with van der Waals surface area (Å²) in [5, 5.41) is 4.42. The summed E-state index contributed by atoms with van der Waals surface area (Å²) < 4.78 is 17.1. The Morgan fingerprint density at radius 3 is 2.74 bits per heavy atom. The smallest absolute Gasteiger partial charge is 0.267 e. The number of carbonyl (C=O) groups excluding carboxylic acids is 1. The fourth-order valence-corrected chi connectivity index (χ4v) is 3.18. The summed E-state index contributed by atoms with van der Waals surface area (Å²) in [6.45, 7) is 1.68. The van der Waals surface area contributed by atoms with Gasteiger partial charge in [-0.25, -0.2) is 4.68 Å². The average Bonchev–Trinajstić information content (AvgIpc) is 2.70.